The molecule has 0 aromatic carbocycles. The summed E-state index contributed by atoms with van der Waals surface area (Å²) in [5.41, 5.74) is 0.801. The van der Waals surface area contributed by atoms with Gasteiger partial charge in [0.15, 0.2) is 11.5 Å². The highest BCUT2D eigenvalue weighted by Crippen LogP contribution is 2.11. The van der Waals surface area contributed by atoms with Crippen LogP contribution in [0, 0.1) is 5.92 Å². The minimum atomic E-state index is 0.0270. The molecule has 5 nitrogen and oxygen atoms in total. The summed E-state index contributed by atoms with van der Waals surface area (Å²) >= 11 is 1.69. The zero-order valence-electron chi connectivity index (χ0n) is 11.4. The van der Waals surface area contributed by atoms with Gasteiger partial charge < -0.3 is 4.90 Å². The second-order valence-electron chi connectivity index (χ2n) is 4.60. The molecule has 0 bridgehead atoms. The Bertz CT molecular complexity index is 569. The van der Waals surface area contributed by atoms with E-state index < -0.39 is 0 Å². The second-order valence-corrected chi connectivity index (χ2v) is 5.51. The van der Waals surface area contributed by atoms with Crippen LogP contribution in [-0.4, -0.2) is 44.5 Å². The van der Waals surface area contributed by atoms with Gasteiger partial charge in [-0.05, 0) is 18.4 Å². The van der Waals surface area contributed by atoms with Crippen molar-refractivity contribution in [3.05, 3.63) is 30.2 Å². The summed E-state index contributed by atoms with van der Waals surface area (Å²) in [4.78, 5) is 13.9. The smallest absolute Gasteiger partial charge is 0.226 e. The Hall–Kier alpha value is -1.56. The Morgan fingerprint density at radius 1 is 1.47 bits per heavy atom. The maximum Gasteiger partial charge on any atom is 0.226 e. The Morgan fingerprint density at radius 2 is 2.26 bits per heavy atom. The Kier molecular flexibility index (Phi) is 4.42. The first-order valence-corrected chi connectivity index (χ1v) is 7.55. The lowest BCUT2D eigenvalue weighted by atomic mass is 10.2. The van der Waals surface area contributed by atoms with Crippen LogP contribution in [0.1, 0.15) is 12.7 Å². The number of thioether (sulfide) groups is 1. The van der Waals surface area contributed by atoms with Crippen molar-refractivity contribution in [3.63, 3.8) is 0 Å². The molecule has 6 heteroatoms. The van der Waals surface area contributed by atoms with E-state index in [0.717, 1.165) is 17.2 Å². The molecule has 19 heavy (non-hydrogen) atoms. The molecule has 0 saturated carbocycles. The van der Waals surface area contributed by atoms with Crippen LogP contribution in [-0.2, 0) is 11.3 Å². The van der Waals surface area contributed by atoms with E-state index in [4.69, 9.17) is 0 Å². The van der Waals surface area contributed by atoms with E-state index in [1.807, 2.05) is 49.0 Å². The summed E-state index contributed by atoms with van der Waals surface area (Å²) in [6.45, 7) is 2.43. The molecule has 0 aliphatic rings. The number of hydrogen-bond donors (Lipinski definition) is 0. The predicted octanol–water partition coefficient (Wildman–Crippen LogP) is 1.69. The van der Waals surface area contributed by atoms with Crippen LogP contribution >= 0.6 is 11.8 Å². The first-order chi connectivity index (χ1) is 9.13. The maximum atomic E-state index is 12.2. The van der Waals surface area contributed by atoms with Crippen molar-refractivity contribution in [2.24, 2.45) is 5.92 Å². The molecule has 0 aliphatic heterocycles. The summed E-state index contributed by atoms with van der Waals surface area (Å²) in [6, 6.07) is 5.75. The third kappa shape index (κ3) is 3.07. The molecule has 0 aliphatic carbocycles. The summed E-state index contributed by atoms with van der Waals surface area (Å²) < 4.78 is 1.91. The van der Waals surface area contributed by atoms with Gasteiger partial charge in [-0.2, -0.15) is 11.8 Å². The van der Waals surface area contributed by atoms with Gasteiger partial charge >= 0.3 is 0 Å². The van der Waals surface area contributed by atoms with Crippen molar-refractivity contribution in [3.8, 4) is 0 Å². The van der Waals surface area contributed by atoms with Crippen LogP contribution in [0.5, 0.6) is 0 Å². The minimum Gasteiger partial charge on any atom is -0.338 e. The third-order valence-electron chi connectivity index (χ3n) is 2.98. The fraction of sp³-hybridized carbons (Fsp3) is 0.462. The van der Waals surface area contributed by atoms with Gasteiger partial charge in [0.25, 0.3) is 0 Å². The first kappa shape index (κ1) is 13.9. The molecular formula is C13H18N4OS. The number of nitrogens with zero attached hydrogens (tertiary/aromatic N) is 4. The molecule has 0 saturated heterocycles. The van der Waals surface area contributed by atoms with Crippen molar-refractivity contribution in [1.82, 2.24) is 19.5 Å². The van der Waals surface area contributed by atoms with Gasteiger partial charge in [-0.15, -0.1) is 10.2 Å². The average molecular weight is 278 g/mol. The summed E-state index contributed by atoms with van der Waals surface area (Å²) in [5.74, 6) is 1.79. The fourth-order valence-corrected chi connectivity index (χ4v) is 2.63. The number of pyridine rings is 1. The number of amides is 1. The molecule has 1 amide bonds. The number of hydrogen-bond acceptors (Lipinski definition) is 4. The highest BCUT2D eigenvalue weighted by atomic mass is 32.2. The predicted molar refractivity (Wildman–Crippen MR) is 77.0 cm³/mol. The summed E-state index contributed by atoms with van der Waals surface area (Å²) in [7, 11) is 1.81. The van der Waals surface area contributed by atoms with Crippen LogP contribution in [0.25, 0.3) is 5.65 Å². The third-order valence-corrected chi connectivity index (χ3v) is 3.81. The molecule has 0 spiro atoms. The first-order valence-electron chi connectivity index (χ1n) is 6.16. The molecule has 2 heterocycles. The number of rotatable bonds is 5. The minimum absolute atomic E-state index is 0.0270. The van der Waals surface area contributed by atoms with Crippen LogP contribution < -0.4 is 0 Å². The van der Waals surface area contributed by atoms with E-state index in [9.17, 15) is 4.79 Å². The highest BCUT2D eigenvalue weighted by molar-refractivity contribution is 7.98. The maximum absolute atomic E-state index is 12.2. The lowest BCUT2D eigenvalue weighted by Gasteiger charge is -2.20. The highest BCUT2D eigenvalue weighted by Gasteiger charge is 2.18. The summed E-state index contributed by atoms with van der Waals surface area (Å²) in [6.07, 6.45) is 3.92. The van der Waals surface area contributed by atoms with E-state index in [1.54, 1.807) is 16.7 Å². The van der Waals surface area contributed by atoms with E-state index in [1.165, 1.54) is 0 Å². The molecule has 0 radical (unpaired) electrons. The van der Waals surface area contributed by atoms with Gasteiger partial charge in [-0.25, -0.2) is 0 Å². The molecule has 0 fully saturated rings. The van der Waals surface area contributed by atoms with Gasteiger partial charge in [0.05, 0.1) is 6.54 Å². The topological polar surface area (TPSA) is 50.5 Å². The van der Waals surface area contributed by atoms with Crippen molar-refractivity contribution in [1.29, 1.82) is 0 Å². The Balaban J connectivity index is 2.10. The number of aromatic nitrogens is 3. The summed E-state index contributed by atoms with van der Waals surface area (Å²) in [5, 5.41) is 8.22. The Morgan fingerprint density at radius 3 is 3.00 bits per heavy atom. The largest absolute Gasteiger partial charge is 0.338 e. The molecule has 102 valence electrons. The number of carbonyl (C=O) groups excluding carboxylic acids is 1. The van der Waals surface area contributed by atoms with E-state index in [2.05, 4.69) is 10.2 Å². The van der Waals surface area contributed by atoms with Crippen LogP contribution in [0.3, 0.4) is 0 Å². The van der Waals surface area contributed by atoms with E-state index in [0.29, 0.717) is 6.54 Å². The molecule has 1 atom stereocenters. The van der Waals surface area contributed by atoms with Crippen LogP contribution in [0.2, 0.25) is 0 Å². The van der Waals surface area contributed by atoms with E-state index >= 15 is 0 Å². The standard InChI is InChI=1S/C13H18N4OS/c1-10(9-19-3)13(18)16(2)8-12-15-14-11-6-4-5-7-17(11)12/h4-7,10H,8-9H2,1-3H3. The van der Waals surface area contributed by atoms with Gasteiger partial charge in [0.2, 0.25) is 5.91 Å². The van der Waals surface area contributed by atoms with Crippen molar-refractivity contribution in [2.45, 2.75) is 13.5 Å². The van der Waals surface area contributed by atoms with Crippen molar-refractivity contribution < 1.29 is 4.79 Å². The quantitative estimate of drug-likeness (QED) is 0.835. The second kappa shape index (κ2) is 6.06. The molecule has 2 aromatic heterocycles. The molecule has 1 unspecified atom stereocenters. The van der Waals surface area contributed by atoms with E-state index in [-0.39, 0.29) is 11.8 Å². The normalized spacial score (nSPS) is 12.6. The zero-order chi connectivity index (χ0) is 13.8. The molecular weight excluding hydrogens is 260 g/mol. The number of fused-ring (bicyclic) bond motifs is 1. The van der Waals surface area contributed by atoms with Gasteiger partial charge in [-0.1, -0.05) is 13.0 Å². The van der Waals surface area contributed by atoms with Crippen LogP contribution in [0.4, 0.5) is 0 Å². The zero-order valence-corrected chi connectivity index (χ0v) is 12.2. The molecule has 0 N–H and O–H groups in total. The van der Waals surface area contributed by atoms with Crippen molar-refractivity contribution >= 4 is 23.3 Å². The van der Waals surface area contributed by atoms with Crippen LogP contribution in [0.15, 0.2) is 24.4 Å². The average Bonchev–Trinajstić information content (AvgIpc) is 2.81. The molecule has 2 aromatic rings. The van der Waals surface area contributed by atoms with Gasteiger partial charge in [0, 0.05) is 24.9 Å². The number of carbonyl (C=O) groups is 1. The fourth-order valence-electron chi connectivity index (χ4n) is 1.99. The lowest BCUT2D eigenvalue weighted by molar-refractivity contribution is -0.133. The lowest BCUT2D eigenvalue weighted by Crippen LogP contribution is -2.32. The van der Waals surface area contributed by atoms with Crippen molar-refractivity contribution in [2.75, 3.05) is 19.1 Å². The van der Waals surface area contributed by atoms with Gasteiger partial charge in [0.1, 0.15) is 0 Å². The monoisotopic (exact) mass is 278 g/mol. The molecule has 2 rings (SSSR count). The SMILES string of the molecule is CSCC(C)C(=O)N(C)Cc1nnc2ccccn12. The van der Waals surface area contributed by atoms with Gasteiger partial charge in [-0.3, -0.25) is 9.20 Å². The Labute approximate surface area is 117 Å².